The van der Waals surface area contributed by atoms with Gasteiger partial charge in [-0.25, -0.2) is 0 Å². The molecule has 4 N–H and O–H groups in total. The van der Waals surface area contributed by atoms with Gasteiger partial charge in [0, 0.05) is 0 Å². The van der Waals surface area contributed by atoms with E-state index in [2.05, 4.69) is 0 Å². The van der Waals surface area contributed by atoms with E-state index in [0.717, 1.165) is 0 Å². The SMILES string of the molecule is CC(O)COC[C@H](N)C(=O)O. The van der Waals surface area contributed by atoms with Crippen LogP contribution in [0, 0.1) is 0 Å². The summed E-state index contributed by atoms with van der Waals surface area (Å²) in [6.45, 7) is 1.59. The molecule has 0 saturated carbocycles. The van der Waals surface area contributed by atoms with Gasteiger partial charge < -0.3 is 20.7 Å². The molecular formula is C6H13NO4. The van der Waals surface area contributed by atoms with Crippen LogP contribution >= 0.6 is 0 Å². The molecule has 0 spiro atoms. The van der Waals surface area contributed by atoms with E-state index >= 15 is 0 Å². The van der Waals surface area contributed by atoms with Crippen molar-refractivity contribution in [2.24, 2.45) is 5.73 Å². The fraction of sp³-hybridized carbons (Fsp3) is 0.833. The molecule has 0 saturated heterocycles. The van der Waals surface area contributed by atoms with Crippen LogP contribution < -0.4 is 5.73 Å². The molecule has 0 aliphatic heterocycles. The number of rotatable bonds is 5. The first kappa shape index (κ1) is 10.3. The van der Waals surface area contributed by atoms with Gasteiger partial charge in [-0.3, -0.25) is 4.79 Å². The average Bonchev–Trinajstić information content (AvgIpc) is 1.86. The highest BCUT2D eigenvalue weighted by Gasteiger charge is 2.11. The van der Waals surface area contributed by atoms with Gasteiger partial charge in [-0.05, 0) is 6.92 Å². The van der Waals surface area contributed by atoms with Crippen LogP contribution in [0.2, 0.25) is 0 Å². The minimum atomic E-state index is -1.10. The van der Waals surface area contributed by atoms with E-state index in [4.69, 9.17) is 20.7 Å². The molecule has 0 amide bonds. The van der Waals surface area contributed by atoms with Crippen LogP contribution in [0.25, 0.3) is 0 Å². The molecular weight excluding hydrogens is 150 g/mol. The van der Waals surface area contributed by atoms with Gasteiger partial charge in [0.1, 0.15) is 6.04 Å². The van der Waals surface area contributed by atoms with Crippen LogP contribution in [0.3, 0.4) is 0 Å². The molecule has 66 valence electrons. The lowest BCUT2D eigenvalue weighted by atomic mass is 10.3. The van der Waals surface area contributed by atoms with Crippen LogP contribution in [-0.4, -0.2) is 41.5 Å². The zero-order valence-corrected chi connectivity index (χ0v) is 6.36. The zero-order chi connectivity index (χ0) is 8.85. The number of carbonyl (C=O) groups is 1. The van der Waals surface area contributed by atoms with E-state index in [9.17, 15) is 4.79 Å². The number of ether oxygens (including phenoxy) is 1. The molecule has 0 aromatic rings. The van der Waals surface area contributed by atoms with E-state index in [-0.39, 0.29) is 13.2 Å². The van der Waals surface area contributed by atoms with Crippen LogP contribution in [0.1, 0.15) is 6.92 Å². The van der Waals surface area contributed by atoms with Gasteiger partial charge >= 0.3 is 5.97 Å². The number of aliphatic carboxylic acids is 1. The first-order chi connectivity index (χ1) is 5.04. The van der Waals surface area contributed by atoms with Gasteiger partial charge in [-0.2, -0.15) is 0 Å². The third-order valence-electron chi connectivity index (χ3n) is 0.974. The summed E-state index contributed by atoms with van der Waals surface area (Å²) in [5.74, 6) is -1.10. The van der Waals surface area contributed by atoms with E-state index in [0.29, 0.717) is 0 Å². The highest BCUT2D eigenvalue weighted by Crippen LogP contribution is 1.85. The quantitative estimate of drug-likeness (QED) is 0.473. The number of hydrogen-bond acceptors (Lipinski definition) is 4. The Labute approximate surface area is 64.8 Å². The summed E-state index contributed by atoms with van der Waals surface area (Å²) in [4.78, 5) is 10.1. The summed E-state index contributed by atoms with van der Waals surface area (Å²) >= 11 is 0. The van der Waals surface area contributed by atoms with Gasteiger partial charge in [0.25, 0.3) is 0 Å². The summed E-state index contributed by atoms with van der Waals surface area (Å²) in [6, 6.07) is -1.01. The Kier molecular flexibility index (Phi) is 4.76. The second-order valence-electron chi connectivity index (χ2n) is 2.33. The molecule has 0 aliphatic carbocycles. The second kappa shape index (κ2) is 5.06. The van der Waals surface area contributed by atoms with E-state index in [1.54, 1.807) is 6.92 Å². The Balaban J connectivity index is 3.31. The van der Waals surface area contributed by atoms with Crippen molar-refractivity contribution in [2.45, 2.75) is 19.1 Å². The molecule has 0 rings (SSSR count). The molecule has 0 fully saturated rings. The van der Waals surface area contributed by atoms with E-state index < -0.39 is 18.1 Å². The van der Waals surface area contributed by atoms with Crippen molar-refractivity contribution in [3.05, 3.63) is 0 Å². The lowest BCUT2D eigenvalue weighted by Gasteiger charge is -2.08. The first-order valence-corrected chi connectivity index (χ1v) is 3.28. The van der Waals surface area contributed by atoms with Crippen molar-refractivity contribution in [1.82, 2.24) is 0 Å². The molecule has 2 atom stereocenters. The fourth-order valence-electron chi connectivity index (χ4n) is 0.437. The molecule has 0 aliphatic rings. The van der Waals surface area contributed by atoms with Crippen molar-refractivity contribution in [2.75, 3.05) is 13.2 Å². The largest absolute Gasteiger partial charge is 0.480 e. The summed E-state index contributed by atoms with van der Waals surface area (Å²) in [5.41, 5.74) is 5.10. The van der Waals surface area contributed by atoms with Gasteiger partial charge in [0.15, 0.2) is 0 Å². The molecule has 0 heterocycles. The fourth-order valence-corrected chi connectivity index (χ4v) is 0.437. The Morgan fingerprint density at radius 1 is 1.64 bits per heavy atom. The Morgan fingerprint density at radius 3 is 2.55 bits per heavy atom. The predicted molar refractivity (Wildman–Crippen MR) is 38.1 cm³/mol. The Hall–Kier alpha value is -0.650. The van der Waals surface area contributed by atoms with Crippen LogP contribution in [0.4, 0.5) is 0 Å². The van der Waals surface area contributed by atoms with E-state index in [1.807, 2.05) is 0 Å². The number of hydrogen-bond donors (Lipinski definition) is 3. The normalized spacial score (nSPS) is 15.9. The Bertz CT molecular complexity index is 126. The first-order valence-electron chi connectivity index (χ1n) is 3.28. The zero-order valence-electron chi connectivity index (χ0n) is 6.36. The maximum absolute atomic E-state index is 10.1. The second-order valence-corrected chi connectivity index (χ2v) is 2.33. The van der Waals surface area contributed by atoms with Crippen molar-refractivity contribution < 1.29 is 19.7 Å². The van der Waals surface area contributed by atoms with Gasteiger partial charge in [-0.1, -0.05) is 0 Å². The lowest BCUT2D eigenvalue weighted by molar-refractivity contribution is -0.140. The molecule has 0 bridgehead atoms. The predicted octanol–water partition coefficient (Wildman–Crippen LogP) is -1.20. The minimum Gasteiger partial charge on any atom is -0.480 e. The van der Waals surface area contributed by atoms with Gasteiger partial charge in [0.05, 0.1) is 19.3 Å². The molecule has 0 aromatic heterocycles. The van der Waals surface area contributed by atoms with Crippen molar-refractivity contribution >= 4 is 5.97 Å². The topological polar surface area (TPSA) is 92.8 Å². The summed E-state index contributed by atoms with van der Waals surface area (Å²) in [6.07, 6.45) is -0.587. The number of aliphatic hydroxyl groups is 1. The lowest BCUT2D eigenvalue weighted by Crippen LogP contribution is -2.35. The monoisotopic (exact) mass is 163 g/mol. The highest BCUT2D eigenvalue weighted by molar-refractivity contribution is 5.73. The molecule has 11 heavy (non-hydrogen) atoms. The van der Waals surface area contributed by atoms with Gasteiger partial charge in [0.2, 0.25) is 0 Å². The maximum atomic E-state index is 10.1. The maximum Gasteiger partial charge on any atom is 0.322 e. The number of carboxylic acids is 1. The molecule has 1 unspecified atom stereocenters. The number of carboxylic acid groups (broad SMARTS) is 1. The third-order valence-corrected chi connectivity index (χ3v) is 0.974. The summed E-state index contributed by atoms with van der Waals surface area (Å²) in [5, 5.41) is 17.0. The van der Waals surface area contributed by atoms with E-state index in [1.165, 1.54) is 0 Å². The van der Waals surface area contributed by atoms with Crippen LogP contribution in [-0.2, 0) is 9.53 Å². The molecule has 0 aromatic carbocycles. The number of aliphatic hydroxyl groups excluding tert-OH is 1. The molecule has 5 nitrogen and oxygen atoms in total. The third kappa shape index (κ3) is 5.78. The van der Waals surface area contributed by atoms with Gasteiger partial charge in [-0.15, -0.1) is 0 Å². The van der Waals surface area contributed by atoms with Crippen molar-refractivity contribution in [3.63, 3.8) is 0 Å². The Morgan fingerprint density at radius 2 is 2.18 bits per heavy atom. The number of nitrogens with two attached hydrogens (primary N) is 1. The molecule has 0 radical (unpaired) electrons. The average molecular weight is 163 g/mol. The minimum absolute atomic E-state index is 0.0692. The van der Waals surface area contributed by atoms with Crippen molar-refractivity contribution in [1.29, 1.82) is 0 Å². The van der Waals surface area contributed by atoms with Crippen LogP contribution in [0.15, 0.2) is 0 Å². The van der Waals surface area contributed by atoms with Crippen LogP contribution in [0.5, 0.6) is 0 Å². The van der Waals surface area contributed by atoms with Crippen molar-refractivity contribution in [3.8, 4) is 0 Å². The smallest absolute Gasteiger partial charge is 0.322 e. The summed E-state index contributed by atoms with van der Waals surface area (Å²) < 4.78 is 4.76. The molecule has 5 heteroatoms. The highest BCUT2D eigenvalue weighted by atomic mass is 16.5. The standard InChI is InChI=1S/C6H13NO4/c1-4(8)2-11-3-5(7)6(9)10/h4-5,8H,2-3,7H2,1H3,(H,9,10)/t4?,5-/m0/s1. The summed E-state index contributed by atoms with van der Waals surface area (Å²) in [7, 11) is 0.